The summed E-state index contributed by atoms with van der Waals surface area (Å²) in [6.45, 7) is 0. The van der Waals surface area contributed by atoms with Crippen LogP contribution in [0.3, 0.4) is 0 Å². The number of ether oxygens (including phenoxy) is 1. The van der Waals surface area contributed by atoms with Crippen molar-refractivity contribution in [2.45, 2.75) is 0 Å². The zero-order chi connectivity index (χ0) is 11.4. The van der Waals surface area contributed by atoms with Gasteiger partial charge in [0.05, 0.1) is 7.11 Å². The summed E-state index contributed by atoms with van der Waals surface area (Å²) in [5.41, 5.74) is -0.142. The maximum absolute atomic E-state index is 12.6. The summed E-state index contributed by atoms with van der Waals surface area (Å²) in [6.07, 6.45) is 0. The second-order valence-corrected chi connectivity index (χ2v) is 2.50. The van der Waals surface area contributed by atoms with E-state index in [-0.39, 0.29) is 5.56 Å². The van der Waals surface area contributed by atoms with Crippen LogP contribution >= 0.6 is 0 Å². The molecule has 0 aromatic heterocycles. The zero-order valence-corrected chi connectivity index (χ0v) is 7.61. The maximum Gasteiger partial charge on any atom is 0.384 e. The highest BCUT2D eigenvalue weighted by Gasteiger charge is 2.09. The molecule has 0 saturated carbocycles. The predicted octanol–water partition coefficient (Wildman–Crippen LogP) is 1.63. The first kappa shape index (κ1) is 11.1. The lowest BCUT2D eigenvalue weighted by atomic mass is 10.2. The maximum atomic E-state index is 12.6. The van der Waals surface area contributed by atoms with Crippen molar-refractivity contribution < 1.29 is 22.7 Å². The molecule has 5 heteroatoms. The molecule has 0 saturated heterocycles. The summed E-state index contributed by atoms with van der Waals surface area (Å²) < 4.78 is 42.0. The second kappa shape index (κ2) is 4.51. The van der Waals surface area contributed by atoms with E-state index in [4.69, 9.17) is 0 Å². The number of halogens is 3. The number of carbonyl (C=O) groups is 1. The number of methoxy groups -OCH3 is 1. The zero-order valence-electron chi connectivity index (χ0n) is 7.61. The van der Waals surface area contributed by atoms with E-state index in [2.05, 4.69) is 10.7 Å². The van der Waals surface area contributed by atoms with Gasteiger partial charge < -0.3 is 4.74 Å². The lowest BCUT2D eigenvalue weighted by molar-refractivity contribution is -0.133. The molecule has 0 amide bonds. The third-order valence-corrected chi connectivity index (χ3v) is 1.48. The minimum atomic E-state index is -1.57. The van der Waals surface area contributed by atoms with Gasteiger partial charge in [-0.3, -0.25) is 0 Å². The van der Waals surface area contributed by atoms with Crippen LogP contribution in [-0.4, -0.2) is 13.1 Å². The topological polar surface area (TPSA) is 26.3 Å². The van der Waals surface area contributed by atoms with Crippen molar-refractivity contribution in [3.8, 4) is 11.8 Å². The largest absolute Gasteiger partial charge is 0.459 e. The van der Waals surface area contributed by atoms with Gasteiger partial charge in [0.2, 0.25) is 0 Å². The van der Waals surface area contributed by atoms with Crippen LogP contribution in [-0.2, 0) is 9.53 Å². The quantitative estimate of drug-likeness (QED) is 0.372. The molecular weight excluding hydrogens is 209 g/mol. The Balaban J connectivity index is 3.06. The molecule has 0 spiro atoms. The van der Waals surface area contributed by atoms with Crippen molar-refractivity contribution in [3.63, 3.8) is 0 Å². The Morgan fingerprint density at radius 2 is 1.80 bits per heavy atom. The lowest BCUT2D eigenvalue weighted by Crippen LogP contribution is -1.95. The van der Waals surface area contributed by atoms with E-state index in [1.54, 1.807) is 0 Å². The average molecular weight is 214 g/mol. The fraction of sp³-hybridized carbons (Fsp3) is 0.100. The van der Waals surface area contributed by atoms with E-state index < -0.39 is 23.4 Å². The van der Waals surface area contributed by atoms with Crippen LogP contribution in [0.15, 0.2) is 12.1 Å². The fourth-order valence-corrected chi connectivity index (χ4v) is 0.802. The van der Waals surface area contributed by atoms with Crippen molar-refractivity contribution in [2.24, 2.45) is 0 Å². The van der Waals surface area contributed by atoms with Gasteiger partial charge in [-0.15, -0.1) is 0 Å². The van der Waals surface area contributed by atoms with Gasteiger partial charge in [0.25, 0.3) is 0 Å². The number of hydrogen-bond donors (Lipinski definition) is 0. The molecule has 0 fully saturated rings. The van der Waals surface area contributed by atoms with E-state index in [9.17, 15) is 18.0 Å². The fourth-order valence-electron chi connectivity index (χ4n) is 0.802. The number of benzene rings is 1. The van der Waals surface area contributed by atoms with Crippen LogP contribution in [0.25, 0.3) is 0 Å². The average Bonchev–Trinajstić information content (AvgIpc) is 2.22. The van der Waals surface area contributed by atoms with E-state index >= 15 is 0 Å². The second-order valence-electron chi connectivity index (χ2n) is 2.50. The lowest BCUT2D eigenvalue weighted by Gasteiger charge is -1.95. The van der Waals surface area contributed by atoms with Crippen molar-refractivity contribution in [2.75, 3.05) is 7.11 Å². The molecular formula is C10H5F3O2. The highest BCUT2D eigenvalue weighted by atomic mass is 19.2. The van der Waals surface area contributed by atoms with Gasteiger partial charge in [0.15, 0.2) is 17.5 Å². The molecule has 2 nitrogen and oxygen atoms in total. The van der Waals surface area contributed by atoms with Crippen LogP contribution in [0.4, 0.5) is 13.2 Å². The van der Waals surface area contributed by atoms with Gasteiger partial charge in [0, 0.05) is 11.5 Å². The van der Waals surface area contributed by atoms with Gasteiger partial charge in [0.1, 0.15) is 0 Å². The van der Waals surface area contributed by atoms with E-state index in [1.165, 1.54) is 0 Å². The van der Waals surface area contributed by atoms with Crippen LogP contribution in [0.5, 0.6) is 0 Å². The van der Waals surface area contributed by atoms with Crippen LogP contribution in [0.1, 0.15) is 5.56 Å². The smallest absolute Gasteiger partial charge is 0.384 e. The molecule has 1 aromatic rings. The first-order valence-corrected chi connectivity index (χ1v) is 3.79. The van der Waals surface area contributed by atoms with E-state index in [1.807, 2.05) is 5.92 Å². The molecule has 0 N–H and O–H groups in total. The molecule has 0 unspecified atom stereocenters. The van der Waals surface area contributed by atoms with Crippen LogP contribution in [0.2, 0.25) is 0 Å². The monoisotopic (exact) mass is 214 g/mol. The Hall–Kier alpha value is -1.96. The van der Waals surface area contributed by atoms with Gasteiger partial charge in [-0.1, -0.05) is 5.92 Å². The van der Waals surface area contributed by atoms with Crippen molar-refractivity contribution in [1.82, 2.24) is 0 Å². The molecule has 0 atom stereocenters. The first-order valence-electron chi connectivity index (χ1n) is 3.79. The molecule has 0 aliphatic heterocycles. The molecule has 0 aliphatic rings. The number of esters is 1. The molecule has 0 aliphatic carbocycles. The Morgan fingerprint density at radius 1 is 1.27 bits per heavy atom. The highest BCUT2D eigenvalue weighted by Crippen LogP contribution is 2.12. The molecule has 15 heavy (non-hydrogen) atoms. The van der Waals surface area contributed by atoms with Gasteiger partial charge in [-0.25, -0.2) is 18.0 Å². The Labute approximate surface area is 83.7 Å². The minimum Gasteiger partial charge on any atom is -0.459 e. The summed E-state index contributed by atoms with van der Waals surface area (Å²) in [4.78, 5) is 10.6. The van der Waals surface area contributed by atoms with Crippen molar-refractivity contribution in [3.05, 3.63) is 35.1 Å². The number of hydrogen-bond acceptors (Lipinski definition) is 2. The Bertz CT molecular complexity index is 434. The van der Waals surface area contributed by atoms with Crippen molar-refractivity contribution in [1.29, 1.82) is 0 Å². The van der Waals surface area contributed by atoms with Crippen LogP contribution in [0, 0.1) is 29.3 Å². The van der Waals surface area contributed by atoms with Gasteiger partial charge >= 0.3 is 5.97 Å². The summed E-state index contributed by atoms with van der Waals surface area (Å²) >= 11 is 0. The standard InChI is InChI=1S/C10H5F3O2/c1-15-9(14)3-2-6-4-7(11)10(13)8(12)5-6/h4-5H,1H3. The van der Waals surface area contributed by atoms with E-state index in [0.29, 0.717) is 12.1 Å². The first-order chi connectivity index (χ1) is 7.04. The summed E-state index contributed by atoms with van der Waals surface area (Å²) in [6, 6.07) is 1.38. The normalized spacial score (nSPS) is 9.07. The van der Waals surface area contributed by atoms with Gasteiger partial charge in [-0.2, -0.15) is 0 Å². The predicted molar refractivity (Wildman–Crippen MR) is 45.2 cm³/mol. The third kappa shape index (κ3) is 2.74. The molecule has 0 radical (unpaired) electrons. The molecule has 1 rings (SSSR count). The van der Waals surface area contributed by atoms with Crippen molar-refractivity contribution >= 4 is 5.97 Å². The molecule has 78 valence electrons. The summed E-state index contributed by atoms with van der Waals surface area (Å²) in [7, 11) is 1.11. The Kier molecular flexibility index (Phi) is 3.34. The van der Waals surface area contributed by atoms with E-state index in [0.717, 1.165) is 7.11 Å². The Morgan fingerprint density at radius 3 is 2.27 bits per heavy atom. The summed E-state index contributed by atoms with van der Waals surface area (Å²) in [5, 5.41) is 0. The number of carbonyl (C=O) groups excluding carboxylic acids is 1. The number of rotatable bonds is 0. The SMILES string of the molecule is COC(=O)C#Cc1cc(F)c(F)c(F)c1. The summed E-state index contributed by atoms with van der Waals surface area (Å²) in [5.74, 6) is -1.04. The molecule has 0 heterocycles. The molecule has 0 bridgehead atoms. The molecule has 1 aromatic carbocycles. The third-order valence-electron chi connectivity index (χ3n) is 1.48. The van der Waals surface area contributed by atoms with Crippen LogP contribution < -0.4 is 0 Å². The highest BCUT2D eigenvalue weighted by molar-refractivity contribution is 5.88. The van der Waals surface area contributed by atoms with Gasteiger partial charge in [-0.05, 0) is 12.1 Å². The minimum absolute atomic E-state index is 0.142.